The largest absolute Gasteiger partial charge is 0.454 e. The highest BCUT2D eigenvalue weighted by molar-refractivity contribution is 5.88. The van der Waals surface area contributed by atoms with E-state index in [4.69, 9.17) is 10.5 Å². The van der Waals surface area contributed by atoms with Gasteiger partial charge in [0.15, 0.2) is 12.4 Å². The number of anilines is 1. The molecule has 32 heavy (non-hydrogen) atoms. The minimum Gasteiger partial charge on any atom is -0.454 e. The first kappa shape index (κ1) is 21.2. The van der Waals surface area contributed by atoms with E-state index < -0.39 is 5.97 Å². The summed E-state index contributed by atoms with van der Waals surface area (Å²) in [6.45, 7) is 6.60. The van der Waals surface area contributed by atoms with E-state index in [1.807, 2.05) is 42.8 Å². The Morgan fingerprint density at radius 2 is 1.81 bits per heavy atom. The fourth-order valence-electron chi connectivity index (χ4n) is 3.52. The molecular weight excluding hydrogens is 402 g/mol. The summed E-state index contributed by atoms with van der Waals surface area (Å²) >= 11 is 0. The third-order valence-corrected chi connectivity index (χ3v) is 5.30. The lowest BCUT2D eigenvalue weighted by molar-refractivity contribution is -0.139. The SMILES string of the molecule is Cc1ccc(Cn2nc(C)c(/C=C/C(=O)OCc3nc(N)c4ccccc4n3)c2C)cc1. The van der Waals surface area contributed by atoms with Crippen molar-refractivity contribution in [2.75, 3.05) is 5.73 Å². The maximum atomic E-state index is 12.3. The van der Waals surface area contributed by atoms with Gasteiger partial charge in [-0.25, -0.2) is 14.8 Å². The number of hydrogen-bond donors (Lipinski definition) is 1. The Morgan fingerprint density at radius 1 is 1.06 bits per heavy atom. The van der Waals surface area contributed by atoms with Gasteiger partial charge in [0.25, 0.3) is 0 Å². The van der Waals surface area contributed by atoms with Crippen LogP contribution >= 0.6 is 0 Å². The Bertz CT molecular complexity index is 1310. The van der Waals surface area contributed by atoms with Gasteiger partial charge in [0.2, 0.25) is 0 Å². The molecule has 0 unspecified atom stereocenters. The Hall–Kier alpha value is -4.00. The molecule has 0 saturated heterocycles. The molecule has 0 amide bonds. The van der Waals surface area contributed by atoms with Gasteiger partial charge in [0.1, 0.15) is 5.82 Å². The second-order valence-corrected chi connectivity index (χ2v) is 7.71. The predicted octanol–water partition coefficient (Wildman–Crippen LogP) is 4.14. The van der Waals surface area contributed by atoms with Crippen molar-refractivity contribution in [2.45, 2.75) is 33.9 Å². The molecule has 4 aromatic rings. The molecule has 0 bridgehead atoms. The number of nitrogens with zero attached hydrogens (tertiary/aromatic N) is 4. The average Bonchev–Trinajstić information content (AvgIpc) is 3.04. The first-order valence-corrected chi connectivity index (χ1v) is 10.4. The topological polar surface area (TPSA) is 95.9 Å². The van der Waals surface area contributed by atoms with Crippen molar-refractivity contribution < 1.29 is 9.53 Å². The van der Waals surface area contributed by atoms with Crippen LogP contribution in [0, 0.1) is 20.8 Å². The highest BCUT2D eigenvalue weighted by atomic mass is 16.5. The van der Waals surface area contributed by atoms with Crippen LogP contribution in [0.1, 0.15) is 33.9 Å². The lowest BCUT2D eigenvalue weighted by atomic mass is 10.1. The Kier molecular flexibility index (Phi) is 5.98. The number of nitrogens with two attached hydrogens (primary N) is 1. The predicted molar refractivity (Wildman–Crippen MR) is 125 cm³/mol. The summed E-state index contributed by atoms with van der Waals surface area (Å²) < 4.78 is 7.25. The lowest BCUT2D eigenvalue weighted by Gasteiger charge is -2.06. The maximum absolute atomic E-state index is 12.3. The summed E-state index contributed by atoms with van der Waals surface area (Å²) in [7, 11) is 0. The van der Waals surface area contributed by atoms with Crippen LogP contribution in [0.5, 0.6) is 0 Å². The van der Waals surface area contributed by atoms with E-state index in [1.54, 1.807) is 6.08 Å². The zero-order valence-corrected chi connectivity index (χ0v) is 18.4. The van der Waals surface area contributed by atoms with Gasteiger partial charge in [-0.1, -0.05) is 42.0 Å². The molecular formula is C25H25N5O2. The average molecular weight is 428 g/mol. The van der Waals surface area contributed by atoms with Crippen molar-refractivity contribution in [3.8, 4) is 0 Å². The van der Waals surface area contributed by atoms with Crippen molar-refractivity contribution in [3.63, 3.8) is 0 Å². The number of aryl methyl sites for hydroxylation is 2. The second-order valence-electron chi connectivity index (χ2n) is 7.71. The molecule has 0 saturated carbocycles. The van der Waals surface area contributed by atoms with E-state index in [9.17, 15) is 4.79 Å². The lowest BCUT2D eigenvalue weighted by Crippen LogP contribution is -2.06. The van der Waals surface area contributed by atoms with E-state index in [0.717, 1.165) is 22.3 Å². The number of esters is 1. The number of hydrogen-bond acceptors (Lipinski definition) is 6. The van der Waals surface area contributed by atoms with Crippen molar-refractivity contribution in [1.29, 1.82) is 0 Å². The van der Waals surface area contributed by atoms with Gasteiger partial charge in [-0.05, 0) is 44.5 Å². The highest BCUT2D eigenvalue weighted by Gasteiger charge is 2.11. The highest BCUT2D eigenvalue weighted by Crippen LogP contribution is 2.18. The smallest absolute Gasteiger partial charge is 0.331 e. The van der Waals surface area contributed by atoms with Crippen LogP contribution in [0.2, 0.25) is 0 Å². The third-order valence-electron chi connectivity index (χ3n) is 5.30. The van der Waals surface area contributed by atoms with E-state index in [2.05, 4.69) is 46.3 Å². The summed E-state index contributed by atoms with van der Waals surface area (Å²) in [5.41, 5.74) is 11.8. The number of para-hydroxylation sites is 1. The number of aromatic nitrogens is 4. The summed E-state index contributed by atoms with van der Waals surface area (Å²) in [6, 6.07) is 15.8. The van der Waals surface area contributed by atoms with Crippen molar-refractivity contribution in [2.24, 2.45) is 0 Å². The minimum atomic E-state index is -0.481. The standard InChI is InChI=1S/C25H25N5O2/c1-16-8-10-19(11-9-16)14-30-18(3)20(17(2)29-30)12-13-24(31)32-15-23-27-22-7-5-4-6-21(22)25(26)28-23/h4-13H,14-15H2,1-3H3,(H2,26,27,28)/b13-12+. The number of carbonyl (C=O) groups excluding carboxylic acids is 1. The minimum absolute atomic E-state index is 0.0527. The van der Waals surface area contributed by atoms with Crippen molar-refractivity contribution >= 4 is 28.8 Å². The molecule has 0 fully saturated rings. The van der Waals surface area contributed by atoms with E-state index in [-0.39, 0.29) is 6.61 Å². The Labute approximate surface area is 186 Å². The van der Waals surface area contributed by atoms with E-state index in [1.165, 1.54) is 17.2 Å². The van der Waals surface area contributed by atoms with Gasteiger partial charge in [0, 0.05) is 22.7 Å². The van der Waals surface area contributed by atoms with Crippen LogP contribution in [-0.2, 0) is 22.7 Å². The Morgan fingerprint density at radius 3 is 2.59 bits per heavy atom. The van der Waals surface area contributed by atoms with Gasteiger partial charge < -0.3 is 10.5 Å². The van der Waals surface area contributed by atoms with Gasteiger partial charge in [-0.3, -0.25) is 4.68 Å². The van der Waals surface area contributed by atoms with Crippen molar-refractivity contribution in [3.05, 3.63) is 88.5 Å². The second kappa shape index (κ2) is 9.01. The number of rotatable bonds is 6. The van der Waals surface area contributed by atoms with Crippen LogP contribution in [0.15, 0.2) is 54.6 Å². The number of fused-ring (bicyclic) bond motifs is 1. The molecule has 162 valence electrons. The molecule has 0 radical (unpaired) electrons. The van der Waals surface area contributed by atoms with Crippen molar-refractivity contribution in [1.82, 2.24) is 19.7 Å². The molecule has 4 rings (SSSR count). The van der Waals surface area contributed by atoms with Gasteiger partial charge in [-0.15, -0.1) is 0 Å². The molecule has 7 heteroatoms. The molecule has 0 spiro atoms. The molecule has 0 aliphatic heterocycles. The molecule has 2 heterocycles. The van der Waals surface area contributed by atoms with Gasteiger partial charge in [0.05, 0.1) is 17.8 Å². The molecule has 0 atom stereocenters. The number of carbonyl (C=O) groups is 1. The van der Waals surface area contributed by atoms with Crippen LogP contribution < -0.4 is 5.73 Å². The Balaban J connectivity index is 1.42. The normalized spacial score (nSPS) is 11.3. The summed E-state index contributed by atoms with van der Waals surface area (Å²) in [4.78, 5) is 20.9. The molecule has 2 aromatic carbocycles. The fraction of sp³-hybridized carbons (Fsp3) is 0.200. The number of nitrogen functional groups attached to an aromatic ring is 1. The first-order chi connectivity index (χ1) is 15.4. The monoisotopic (exact) mass is 427 g/mol. The zero-order chi connectivity index (χ0) is 22.7. The third kappa shape index (κ3) is 4.67. The molecule has 0 aliphatic rings. The van der Waals surface area contributed by atoms with E-state index >= 15 is 0 Å². The van der Waals surface area contributed by atoms with Gasteiger partial charge in [-0.2, -0.15) is 5.10 Å². The fourth-order valence-corrected chi connectivity index (χ4v) is 3.52. The molecule has 2 N–H and O–H groups in total. The van der Waals surface area contributed by atoms with Crippen LogP contribution in [0.4, 0.5) is 5.82 Å². The van der Waals surface area contributed by atoms with Gasteiger partial charge >= 0.3 is 5.97 Å². The molecule has 0 aliphatic carbocycles. The van der Waals surface area contributed by atoms with Crippen LogP contribution in [0.25, 0.3) is 17.0 Å². The summed E-state index contributed by atoms with van der Waals surface area (Å²) in [6.07, 6.45) is 3.14. The quantitative estimate of drug-likeness (QED) is 0.367. The maximum Gasteiger partial charge on any atom is 0.331 e. The molecule has 2 aromatic heterocycles. The van der Waals surface area contributed by atoms with E-state index in [0.29, 0.717) is 23.7 Å². The van der Waals surface area contributed by atoms with Crippen LogP contribution in [-0.4, -0.2) is 25.7 Å². The number of benzene rings is 2. The van der Waals surface area contributed by atoms with Crippen LogP contribution in [0.3, 0.4) is 0 Å². The molecule has 7 nitrogen and oxygen atoms in total. The summed E-state index contributed by atoms with van der Waals surface area (Å²) in [5, 5.41) is 5.39. The summed E-state index contributed by atoms with van der Waals surface area (Å²) in [5.74, 6) is 0.246. The zero-order valence-electron chi connectivity index (χ0n) is 18.4. The first-order valence-electron chi connectivity index (χ1n) is 10.4. The number of ether oxygens (including phenoxy) is 1.